The number of carboxylic acids is 1. The molecule has 1 aromatic carbocycles. The number of carboxylic acid groups (broad SMARTS) is 1. The van der Waals surface area contributed by atoms with Crippen molar-refractivity contribution in [1.82, 2.24) is 5.32 Å². The molecule has 0 fully saturated rings. The molecule has 0 saturated carbocycles. The third-order valence-electron chi connectivity index (χ3n) is 2.10. The number of carbonyl (C=O) groups is 1. The standard InChI is InChI=1S/C11H15NO2/c1-2-10(11(13)14)12-8-9-6-4-3-5-7-9/h3-7,10,12H,2,8H2,1H3,(H,13,14). The van der Waals surface area contributed by atoms with Crippen molar-refractivity contribution in [2.45, 2.75) is 25.9 Å². The van der Waals surface area contributed by atoms with E-state index in [1.54, 1.807) is 0 Å². The molecule has 0 radical (unpaired) electrons. The number of hydrogen-bond acceptors (Lipinski definition) is 2. The fraction of sp³-hybridized carbons (Fsp3) is 0.364. The predicted octanol–water partition coefficient (Wildman–Crippen LogP) is 1.64. The molecule has 0 spiro atoms. The molecule has 3 nitrogen and oxygen atoms in total. The zero-order chi connectivity index (χ0) is 10.4. The summed E-state index contributed by atoms with van der Waals surface area (Å²) in [5, 5.41) is 11.8. The van der Waals surface area contributed by atoms with Crippen LogP contribution in [0.2, 0.25) is 0 Å². The summed E-state index contributed by atoms with van der Waals surface area (Å²) in [6, 6.07) is 9.33. The lowest BCUT2D eigenvalue weighted by atomic mass is 10.2. The summed E-state index contributed by atoms with van der Waals surface area (Å²) < 4.78 is 0. The van der Waals surface area contributed by atoms with Crippen molar-refractivity contribution in [2.75, 3.05) is 0 Å². The van der Waals surface area contributed by atoms with Crippen LogP contribution in [-0.2, 0) is 11.3 Å². The van der Waals surface area contributed by atoms with E-state index in [9.17, 15) is 4.79 Å². The van der Waals surface area contributed by atoms with Gasteiger partial charge in [0.05, 0.1) is 0 Å². The van der Waals surface area contributed by atoms with Crippen molar-refractivity contribution in [3.8, 4) is 0 Å². The number of nitrogens with one attached hydrogen (secondary N) is 1. The molecule has 1 aromatic rings. The van der Waals surface area contributed by atoms with Gasteiger partial charge < -0.3 is 10.4 Å². The van der Waals surface area contributed by atoms with E-state index in [1.807, 2.05) is 37.3 Å². The summed E-state index contributed by atoms with van der Waals surface area (Å²) >= 11 is 0. The van der Waals surface area contributed by atoms with Crippen LogP contribution in [0.1, 0.15) is 18.9 Å². The molecule has 0 aliphatic rings. The van der Waals surface area contributed by atoms with E-state index >= 15 is 0 Å². The fourth-order valence-electron chi connectivity index (χ4n) is 1.24. The lowest BCUT2D eigenvalue weighted by Gasteiger charge is -2.11. The molecule has 1 atom stereocenters. The van der Waals surface area contributed by atoms with Gasteiger partial charge in [-0.25, -0.2) is 0 Å². The van der Waals surface area contributed by atoms with Gasteiger partial charge >= 0.3 is 5.97 Å². The highest BCUT2D eigenvalue weighted by molar-refractivity contribution is 5.73. The van der Waals surface area contributed by atoms with Crippen LogP contribution in [-0.4, -0.2) is 17.1 Å². The van der Waals surface area contributed by atoms with Crippen molar-refractivity contribution in [3.63, 3.8) is 0 Å². The Kier molecular flexibility index (Phi) is 4.13. The summed E-state index contributed by atoms with van der Waals surface area (Å²) in [5.41, 5.74) is 1.10. The molecule has 3 heteroatoms. The number of benzene rings is 1. The van der Waals surface area contributed by atoms with E-state index in [4.69, 9.17) is 5.11 Å². The quantitative estimate of drug-likeness (QED) is 0.747. The van der Waals surface area contributed by atoms with Crippen LogP contribution in [0, 0.1) is 0 Å². The second-order valence-electron chi connectivity index (χ2n) is 3.17. The normalized spacial score (nSPS) is 12.4. The largest absolute Gasteiger partial charge is 0.480 e. The highest BCUT2D eigenvalue weighted by Gasteiger charge is 2.12. The van der Waals surface area contributed by atoms with Crippen molar-refractivity contribution in [1.29, 1.82) is 0 Å². The smallest absolute Gasteiger partial charge is 0.320 e. The van der Waals surface area contributed by atoms with Crippen LogP contribution < -0.4 is 5.32 Å². The van der Waals surface area contributed by atoms with Crippen LogP contribution in [0.25, 0.3) is 0 Å². The molecule has 0 aliphatic heterocycles. The van der Waals surface area contributed by atoms with Crippen molar-refractivity contribution >= 4 is 5.97 Å². The van der Waals surface area contributed by atoms with Crippen LogP contribution in [0.4, 0.5) is 0 Å². The van der Waals surface area contributed by atoms with Crippen molar-refractivity contribution < 1.29 is 9.90 Å². The first-order valence-corrected chi connectivity index (χ1v) is 4.74. The van der Waals surface area contributed by atoms with Gasteiger partial charge in [0.2, 0.25) is 0 Å². The van der Waals surface area contributed by atoms with E-state index in [0.717, 1.165) is 5.56 Å². The second kappa shape index (κ2) is 5.40. The SMILES string of the molecule is CCC(NCc1ccccc1)C(=O)O. The molecular weight excluding hydrogens is 178 g/mol. The average Bonchev–Trinajstić information content (AvgIpc) is 2.20. The first-order valence-electron chi connectivity index (χ1n) is 4.74. The number of rotatable bonds is 5. The summed E-state index contributed by atoms with van der Waals surface area (Å²) in [5.74, 6) is -0.788. The molecule has 0 amide bonds. The number of hydrogen-bond donors (Lipinski definition) is 2. The average molecular weight is 193 g/mol. The lowest BCUT2D eigenvalue weighted by Crippen LogP contribution is -2.35. The molecule has 0 heterocycles. The summed E-state index contributed by atoms with van der Waals surface area (Å²) in [4.78, 5) is 10.7. The van der Waals surface area contributed by atoms with Gasteiger partial charge in [0.25, 0.3) is 0 Å². The molecular formula is C11H15NO2. The maximum atomic E-state index is 10.7. The van der Waals surface area contributed by atoms with E-state index in [2.05, 4.69) is 5.32 Å². The van der Waals surface area contributed by atoms with Gasteiger partial charge in [0, 0.05) is 6.54 Å². The monoisotopic (exact) mass is 193 g/mol. The Hall–Kier alpha value is -1.35. The second-order valence-corrected chi connectivity index (χ2v) is 3.17. The van der Waals surface area contributed by atoms with Gasteiger partial charge in [-0.2, -0.15) is 0 Å². The highest BCUT2D eigenvalue weighted by atomic mass is 16.4. The topological polar surface area (TPSA) is 49.3 Å². The van der Waals surface area contributed by atoms with E-state index < -0.39 is 12.0 Å². The molecule has 1 unspecified atom stereocenters. The summed E-state index contributed by atoms with van der Waals surface area (Å²) in [6.07, 6.45) is 0.599. The predicted molar refractivity (Wildman–Crippen MR) is 55.0 cm³/mol. The van der Waals surface area contributed by atoms with Gasteiger partial charge in [-0.15, -0.1) is 0 Å². The van der Waals surface area contributed by atoms with Gasteiger partial charge in [-0.1, -0.05) is 37.3 Å². The molecule has 2 N–H and O–H groups in total. The van der Waals surface area contributed by atoms with Gasteiger partial charge in [-0.05, 0) is 12.0 Å². The molecule has 1 rings (SSSR count). The first kappa shape index (κ1) is 10.7. The number of aliphatic carboxylic acids is 1. The molecule has 0 bridgehead atoms. The zero-order valence-corrected chi connectivity index (χ0v) is 8.23. The molecule has 76 valence electrons. The Morgan fingerprint density at radius 2 is 2.07 bits per heavy atom. The Morgan fingerprint density at radius 3 is 2.57 bits per heavy atom. The van der Waals surface area contributed by atoms with Crippen LogP contribution in [0.15, 0.2) is 30.3 Å². The minimum absolute atomic E-state index is 0.449. The Balaban J connectivity index is 2.44. The van der Waals surface area contributed by atoms with E-state index in [0.29, 0.717) is 13.0 Å². The van der Waals surface area contributed by atoms with E-state index in [1.165, 1.54) is 0 Å². The minimum Gasteiger partial charge on any atom is -0.480 e. The maximum Gasteiger partial charge on any atom is 0.320 e. The van der Waals surface area contributed by atoms with Crippen molar-refractivity contribution in [3.05, 3.63) is 35.9 Å². The highest BCUT2D eigenvalue weighted by Crippen LogP contribution is 1.99. The first-order chi connectivity index (χ1) is 6.74. The van der Waals surface area contributed by atoms with Crippen molar-refractivity contribution in [2.24, 2.45) is 0 Å². The van der Waals surface area contributed by atoms with Gasteiger partial charge in [-0.3, -0.25) is 4.79 Å². The maximum absolute atomic E-state index is 10.7. The van der Waals surface area contributed by atoms with Gasteiger partial charge in [0.15, 0.2) is 0 Å². The molecule has 0 aromatic heterocycles. The zero-order valence-electron chi connectivity index (χ0n) is 8.23. The Morgan fingerprint density at radius 1 is 1.43 bits per heavy atom. The minimum atomic E-state index is -0.788. The third-order valence-corrected chi connectivity index (χ3v) is 2.10. The fourth-order valence-corrected chi connectivity index (χ4v) is 1.24. The Bertz CT molecular complexity index is 285. The van der Waals surface area contributed by atoms with E-state index in [-0.39, 0.29) is 0 Å². The van der Waals surface area contributed by atoms with Gasteiger partial charge in [0.1, 0.15) is 6.04 Å². The van der Waals surface area contributed by atoms with Crippen LogP contribution in [0.3, 0.4) is 0 Å². The summed E-state index contributed by atoms with van der Waals surface area (Å²) in [6.45, 7) is 2.46. The van der Waals surface area contributed by atoms with Crippen LogP contribution in [0.5, 0.6) is 0 Å². The van der Waals surface area contributed by atoms with Crippen LogP contribution >= 0.6 is 0 Å². The molecule has 14 heavy (non-hydrogen) atoms. The third kappa shape index (κ3) is 3.18. The Labute approximate surface area is 83.8 Å². The summed E-state index contributed by atoms with van der Waals surface area (Å²) in [7, 11) is 0. The molecule has 0 saturated heterocycles. The lowest BCUT2D eigenvalue weighted by molar-refractivity contribution is -0.139. The molecule has 0 aliphatic carbocycles.